The molecule has 0 aromatic heterocycles. The number of esters is 2. The first-order valence-corrected chi connectivity index (χ1v) is 15.0. The molecular weight excluding hydrogens is 464 g/mol. The molecule has 1 aromatic rings. The molecule has 0 aliphatic rings. The van der Waals surface area contributed by atoms with Gasteiger partial charge in [-0.3, -0.25) is 9.59 Å². The molecule has 37 heavy (non-hydrogen) atoms. The molecule has 0 atom stereocenters. The van der Waals surface area contributed by atoms with Crippen LogP contribution in [0.3, 0.4) is 0 Å². The Bertz CT molecular complexity index is 741. The Morgan fingerprint density at radius 2 is 1.16 bits per heavy atom. The van der Waals surface area contributed by atoms with Crippen LogP contribution in [0, 0.1) is 11.8 Å². The molecule has 0 amide bonds. The molecule has 0 spiro atoms. The second-order valence-corrected chi connectivity index (χ2v) is 11.1. The van der Waals surface area contributed by atoms with Gasteiger partial charge < -0.3 is 14.2 Å². The molecule has 0 heterocycles. The number of ether oxygens (including phenoxy) is 3. The average Bonchev–Trinajstić information content (AvgIpc) is 2.85. The zero-order chi connectivity index (χ0) is 27.3. The molecule has 0 unspecified atom stereocenters. The van der Waals surface area contributed by atoms with Crippen molar-refractivity contribution in [1.29, 1.82) is 0 Å². The highest BCUT2D eigenvalue weighted by molar-refractivity contribution is 5.77. The molecule has 0 aliphatic heterocycles. The maximum Gasteiger partial charge on any atom is 0.311 e. The summed E-state index contributed by atoms with van der Waals surface area (Å²) in [5, 5.41) is 0. The third-order valence-electron chi connectivity index (χ3n) is 6.46. The summed E-state index contributed by atoms with van der Waals surface area (Å²) in [6, 6.07) is 5.24. The summed E-state index contributed by atoms with van der Waals surface area (Å²) in [6.07, 6.45) is 16.2. The van der Waals surface area contributed by atoms with Gasteiger partial charge in [-0.05, 0) is 43.2 Å². The fourth-order valence-electron chi connectivity index (χ4n) is 4.19. The number of para-hydroxylation sites is 1. The number of rotatable bonds is 22. The Balaban J connectivity index is 2.69. The summed E-state index contributed by atoms with van der Waals surface area (Å²) < 4.78 is 17.4. The molecule has 5 heteroatoms. The SMILES string of the molecule is CCCCCCCCCCOc1cccc(OC(=O)CCCCC(C)C)c1OC(=O)CCCCC(C)C. The van der Waals surface area contributed by atoms with E-state index in [1.807, 2.05) is 0 Å². The van der Waals surface area contributed by atoms with Crippen LogP contribution < -0.4 is 14.2 Å². The van der Waals surface area contributed by atoms with Crippen LogP contribution in [0.4, 0.5) is 0 Å². The first-order chi connectivity index (χ1) is 17.8. The monoisotopic (exact) mass is 518 g/mol. The zero-order valence-corrected chi connectivity index (χ0v) is 24.4. The second kappa shape index (κ2) is 21.0. The number of unbranched alkanes of at least 4 members (excludes halogenated alkanes) is 9. The van der Waals surface area contributed by atoms with Crippen molar-refractivity contribution in [3.63, 3.8) is 0 Å². The molecule has 212 valence electrons. The smallest absolute Gasteiger partial charge is 0.311 e. The summed E-state index contributed by atoms with van der Waals surface area (Å²) >= 11 is 0. The van der Waals surface area contributed by atoms with E-state index in [2.05, 4.69) is 34.6 Å². The maximum absolute atomic E-state index is 12.6. The predicted molar refractivity (Wildman–Crippen MR) is 152 cm³/mol. The predicted octanol–water partition coefficient (Wildman–Crippen LogP) is 9.45. The van der Waals surface area contributed by atoms with Crippen LogP contribution in [0.2, 0.25) is 0 Å². The molecule has 0 N–H and O–H groups in total. The molecule has 0 radical (unpaired) electrons. The van der Waals surface area contributed by atoms with E-state index in [0.717, 1.165) is 51.4 Å². The third-order valence-corrected chi connectivity index (χ3v) is 6.46. The molecule has 0 bridgehead atoms. The Labute approximate surface area is 227 Å². The van der Waals surface area contributed by atoms with Gasteiger partial charge in [-0.2, -0.15) is 0 Å². The first kappa shape index (κ1) is 33.0. The maximum atomic E-state index is 12.6. The lowest BCUT2D eigenvalue weighted by atomic mass is 10.1. The Kier molecular flexibility index (Phi) is 18.7. The topological polar surface area (TPSA) is 61.8 Å². The van der Waals surface area contributed by atoms with Crippen molar-refractivity contribution in [1.82, 2.24) is 0 Å². The van der Waals surface area contributed by atoms with Gasteiger partial charge in [0.05, 0.1) is 6.61 Å². The molecule has 0 aliphatic carbocycles. The number of carbonyl (C=O) groups is 2. The third kappa shape index (κ3) is 17.2. The number of hydrogen-bond acceptors (Lipinski definition) is 5. The van der Waals surface area contributed by atoms with E-state index in [9.17, 15) is 9.59 Å². The Hall–Kier alpha value is -2.04. The van der Waals surface area contributed by atoms with Gasteiger partial charge in [-0.15, -0.1) is 0 Å². The van der Waals surface area contributed by atoms with Gasteiger partial charge in [0.25, 0.3) is 0 Å². The number of benzene rings is 1. The van der Waals surface area contributed by atoms with Gasteiger partial charge >= 0.3 is 11.9 Å². The summed E-state index contributed by atoms with van der Waals surface area (Å²) in [5.74, 6) is 1.57. The fourth-order valence-corrected chi connectivity index (χ4v) is 4.19. The summed E-state index contributed by atoms with van der Waals surface area (Å²) in [7, 11) is 0. The molecule has 1 rings (SSSR count). The summed E-state index contributed by atoms with van der Waals surface area (Å²) in [5.41, 5.74) is 0. The first-order valence-electron chi connectivity index (χ1n) is 15.0. The van der Waals surface area contributed by atoms with Crippen LogP contribution >= 0.6 is 0 Å². The van der Waals surface area contributed by atoms with Crippen molar-refractivity contribution in [2.75, 3.05) is 6.61 Å². The minimum Gasteiger partial charge on any atom is -0.490 e. The molecule has 0 saturated heterocycles. The molecule has 5 nitrogen and oxygen atoms in total. The van der Waals surface area contributed by atoms with Gasteiger partial charge in [0, 0.05) is 12.8 Å². The van der Waals surface area contributed by atoms with E-state index < -0.39 is 0 Å². The highest BCUT2D eigenvalue weighted by Crippen LogP contribution is 2.38. The van der Waals surface area contributed by atoms with Crippen molar-refractivity contribution in [2.45, 2.75) is 137 Å². The lowest BCUT2D eigenvalue weighted by Gasteiger charge is -2.15. The normalized spacial score (nSPS) is 11.2. The van der Waals surface area contributed by atoms with Gasteiger partial charge in [0.15, 0.2) is 11.5 Å². The van der Waals surface area contributed by atoms with Crippen molar-refractivity contribution in [3.8, 4) is 17.2 Å². The van der Waals surface area contributed by atoms with Gasteiger partial charge in [0.2, 0.25) is 5.75 Å². The average molecular weight is 519 g/mol. The van der Waals surface area contributed by atoms with E-state index in [-0.39, 0.29) is 23.4 Å². The highest BCUT2D eigenvalue weighted by atomic mass is 16.6. The van der Waals surface area contributed by atoms with Crippen LogP contribution in [0.1, 0.15) is 137 Å². The van der Waals surface area contributed by atoms with Crippen LogP contribution in [0.5, 0.6) is 17.2 Å². The van der Waals surface area contributed by atoms with Crippen molar-refractivity contribution < 1.29 is 23.8 Å². The van der Waals surface area contributed by atoms with E-state index >= 15 is 0 Å². The Morgan fingerprint density at radius 1 is 0.649 bits per heavy atom. The van der Waals surface area contributed by atoms with E-state index in [0.29, 0.717) is 37.0 Å². The van der Waals surface area contributed by atoms with Crippen LogP contribution in [-0.2, 0) is 9.59 Å². The molecule has 1 aromatic carbocycles. The van der Waals surface area contributed by atoms with Gasteiger partial charge in [0.1, 0.15) is 0 Å². The molecule has 0 fully saturated rings. The largest absolute Gasteiger partial charge is 0.490 e. The summed E-state index contributed by atoms with van der Waals surface area (Å²) in [6.45, 7) is 11.5. The number of hydrogen-bond donors (Lipinski definition) is 0. The lowest BCUT2D eigenvalue weighted by molar-refractivity contribution is -0.137. The lowest BCUT2D eigenvalue weighted by Crippen LogP contribution is -2.13. The van der Waals surface area contributed by atoms with E-state index in [4.69, 9.17) is 14.2 Å². The fraction of sp³-hybridized carbons (Fsp3) is 0.750. The number of carbonyl (C=O) groups excluding carboxylic acids is 2. The van der Waals surface area contributed by atoms with Crippen LogP contribution in [-0.4, -0.2) is 18.5 Å². The van der Waals surface area contributed by atoms with Crippen molar-refractivity contribution in [2.24, 2.45) is 11.8 Å². The molecule has 0 saturated carbocycles. The van der Waals surface area contributed by atoms with Gasteiger partial charge in [-0.25, -0.2) is 0 Å². The van der Waals surface area contributed by atoms with Crippen molar-refractivity contribution in [3.05, 3.63) is 18.2 Å². The summed E-state index contributed by atoms with van der Waals surface area (Å²) in [4.78, 5) is 25.1. The quantitative estimate of drug-likeness (QED) is 0.0869. The van der Waals surface area contributed by atoms with E-state index in [1.54, 1.807) is 18.2 Å². The van der Waals surface area contributed by atoms with Crippen LogP contribution in [0.25, 0.3) is 0 Å². The van der Waals surface area contributed by atoms with Crippen LogP contribution in [0.15, 0.2) is 18.2 Å². The molecular formula is C32H54O5. The minimum atomic E-state index is -0.318. The van der Waals surface area contributed by atoms with Crippen molar-refractivity contribution >= 4 is 11.9 Å². The second-order valence-electron chi connectivity index (χ2n) is 11.1. The minimum absolute atomic E-state index is 0.228. The standard InChI is InChI=1S/C32H54O5/c1-6-7-8-9-10-11-12-17-25-35-28-21-18-22-29(36-30(33)23-15-13-19-26(2)3)32(28)37-31(34)24-16-14-20-27(4)5/h18,21-22,26-27H,6-17,19-20,23-25H2,1-5H3. The Morgan fingerprint density at radius 3 is 1.73 bits per heavy atom. The zero-order valence-electron chi connectivity index (χ0n) is 24.4. The van der Waals surface area contributed by atoms with E-state index in [1.165, 1.54) is 38.5 Å². The van der Waals surface area contributed by atoms with Gasteiger partial charge in [-0.1, -0.05) is 111 Å². The highest BCUT2D eigenvalue weighted by Gasteiger charge is 2.19.